The highest BCUT2D eigenvalue weighted by Crippen LogP contribution is 2.33. The lowest BCUT2D eigenvalue weighted by Crippen LogP contribution is -2.04. The van der Waals surface area contributed by atoms with Gasteiger partial charge in [-0.2, -0.15) is 5.26 Å². The lowest BCUT2D eigenvalue weighted by Gasteiger charge is -2.17. The lowest BCUT2D eigenvalue weighted by molar-refractivity contribution is 0.111. The first-order valence-electron chi connectivity index (χ1n) is 12.5. The zero-order chi connectivity index (χ0) is 27.8. The third-order valence-electron chi connectivity index (χ3n) is 6.67. The number of carbonyl (C=O) groups excluding carboxylic acids is 1. The molecule has 0 bridgehead atoms. The Bertz CT molecular complexity index is 1550. The number of aromatic nitrogens is 1. The van der Waals surface area contributed by atoms with Crippen molar-refractivity contribution in [1.82, 2.24) is 4.98 Å². The molecule has 4 rings (SSSR count). The molecule has 6 heteroatoms. The highest BCUT2D eigenvalue weighted by molar-refractivity contribution is 5.82. The molecule has 4 aromatic rings. The lowest BCUT2D eigenvalue weighted by atomic mass is 9.92. The molecule has 1 heterocycles. The van der Waals surface area contributed by atoms with Crippen LogP contribution in [-0.2, 0) is 24.6 Å². The van der Waals surface area contributed by atoms with E-state index in [9.17, 15) is 4.79 Å². The van der Waals surface area contributed by atoms with Gasteiger partial charge in [-0.3, -0.25) is 9.78 Å². The van der Waals surface area contributed by atoms with Crippen LogP contribution < -0.4 is 9.47 Å². The van der Waals surface area contributed by atoms with Crippen molar-refractivity contribution in [2.75, 3.05) is 7.11 Å². The Balaban J connectivity index is 1.59. The van der Waals surface area contributed by atoms with Gasteiger partial charge in [0.1, 0.15) is 30.8 Å². The van der Waals surface area contributed by atoms with Crippen molar-refractivity contribution in [3.05, 3.63) is 118 Å². The number of ether oxygens (including phenoxy) is 3. The van der Waals surface area contributed by atoms with Crippen LogP contribution in [0.5, 0.6) is 11.5 Å². The van der Waals surface area contributed by atoms with Gasteiger partial charge in [-0.1, -0.05) is 49.1 Å². The number of nitriles is 1. The number of aldehydes is 1. The van der Waals surface area contributed by atoms with E-state index < -0.39 is 0 Å². The predicted octanol–water partition coefficient (Wildman–Crippen LogP) is 7.00. The molecule has 0 saturated heterocycles. The van der Waals surface area contributed by atoms with Gasteiger partial charge < -0.3 is 14.2 Å². The molecule has 0 aliphatic heterocycles. The summed E-state index contributed by atoms with van der Waals surface area (Å²) in [5.74, 6) is 0.932. The van der Waals surface area contributed by atoms with E-state index in [-0.39, 0.29) is 6.61 Å². The van der Waals surface area contributed by atoms with E-state index in [4.69, 9.17) is 19.5 Å². The van der Waals surface area contributed by atoms with Crippen molar-refractivity contribution < 1.29 is 19.0 Å². The van der Waals surface area contributed by atoms with Gasteiger partial charge in [0.2, 0.25) is 0 Å². The average Bonchev–Trinajstić information content (AvgIpc) is 2.97. The van der Waals surface area contributed by atoms with Crippen molar-refractivity contribution >= 4 is 12.4 Å². The predicted molar refractivity (Wildman–Crippen MR) is 152 cm³/mol. The molecular weight excluding hydrogens is 488 g/mol. The first-order valence-corrected chi connectivity index (χ1v) is 12.5. The average molecular weight is 519 g/mol. The number of hydrogen-bond donors (Lipinski definition) is 0. The molecule has 39 heavy (non-hydrogen) atoms. The van der Waals surface area contributed by atoms with E-state index in [1.54, 1.807) is 37.6 Å². The Morgan fingerprint density at radius 3 is 2.13 bits per heavy atom. The molecule has 0 fully saturated rings. The first kappa shape index (κ1) is 27.3. The maximum absolute atomic E-state index is 11.8. The van der Waals surface area contributed by atoms with Crippen LogP contribution in [0.25, 0.3) is 17.2 Å². The Kier molecular flexibility index (Phi) is 8.88. The maximum atomic E-state index is 11.8. The molecule has 0 aliphatic carbocycles. The number of benzene rings is 3. The van der Waals surface area contributed by atoms with Crippen LogP contribution >= 0.6 is 0 Å². The van der Waals surface area contributed by atoms with Gasteiger partial charge in [0, 0.05) is 36.7 Å². The fraction of sp³-hybridized carbons (Fsp3) is 0.182. The normalized spacial score (nSPS) is 10.5. The molecule has 0 atom stereocenters. The third kappa shape index (κ3) is 6.23. The van der Waals surface area contributed by atoms with Crippen LogP contribution in [0.15, 0.2) is 73.6 Å². The molecule has 196 valence electrons. The van der Waals surface area contributed by atoms with E-state index in [0.29, 0.717) is 41.4 Å². The Labute approximate surface area is 229 Å². The molecule has 1 aromatic heterocycles. The summed E-state index contributed by atoms with van der Waals surface area (Å²) in [5, 5.41) is 9.12. The molecule has 0 saturated carbocycles. The summed E-state index contributed by atoms with van der Waals surface area (Å²) in [4.78, 5) is 15.8. The summed E-state index contributed by atoms with van der Waals surface area (Å²) >= 11 is 0. The minimum Gasteiger partial charge on any atom is -0.488 e. The number of pyridine rings is 1. The Morgan fingerprint density at radius 1 is 0.872 bits per heavy atom. The highest BCUT2D eigenvalue weighted by Gasteiger charge is 2.14. The van der Waals surface area contributed by atoms with E-state index in [0.717, 1.165) is 39.7 Å². The van der Waals surface area contributed by atoms with Gasteiger partial charge in [-0.25, -0.2) is 0 Å². The highest BCUT2D eigenvalue weighted by atomic mass is 16.5. The monoisotopic (exact) mass is 518 g/mol. The SMILES string of the molecule is C=Cc1cc(C=O)c(OCc2cncc(C#N)c2)cc1OCc1cccc(-c2cccc(COC)c2C)c1C. The van der Waals surface area contributed by atoms with Crippen LogP contribution in [0, 0.1) is 25.2 Å². The molecule has 0 radical (unpaired) electrons. The van der Waals surface area contributed by atoms with Gasteiger partial charge in [0.05, 0.1) is 17.7 Å². The van der Waals surface area contributed by atoms with Crippen LogP contribution in [0.4, 0.5) is 0 Å². The number of rotatable bonds is 11. The topological polar surface area (TPSA) is 81.4 Å². The fourth-order valence-electron chi connectivity index (χ4n) is 4.46. The second-order valence-electron chi connectivity index (χ2n) is 9.13. The van der Waals surface area contributed by atoms with E-state index in [2.05, 4.69) is 55.7 Å². The van der Waals surface area contributed by atoms with Gasteiger partial charge in [-0.05, 0) is 59.4 Å². The summed E-state index contributed by atoms with van der Waals surface area (Å²) in [6.07, 6.45) is 5.50. The quantitative estimate of drug-likeness (QED) is 0.199. The number of hydrogen-bond acceptors (Lipinski definition) is 6. The van der Waals surface area contributed by atoms with Crippen molar-refractivity contribution in [2.45, 2.75) is 33.7 Å². The molecule has 3 aromatic carbocycles. The molecule has 0 unspecified atom stereocenters. The Hall–Kier alpha value is -4.73. The fourth-order valence-corrected chi connectivity index (χ4v) is 4.46. The first-order chi connectivity index (χ1) is 19.0. The second kappa shape index (κ2) is 12.7. The minimum absolute atomic E-state index is 0.152. The summed E-state index contributed by atoms with van der Waals surface area (Å²) in [7, 11) is 1.70. The van der Waals surface area contributed by atoms with E-state index in [1.807, 2.05) is 12.1 Å². The summed E-state index contributed by atoms with van der Waals surface area (Å²) < 4.78 is 17.6. The number of methoxy groups -OCH3 is 1. The van der Waals surface area contributed by atoms with Crippen molar-refractivity contribution in [3.63, 3.8) is 0 Å². The van der Waals surface area contributed by atoms with Crippen molar-refractivity contribution in [2.24, 2.45) is 0 Å². The molecule has 6 nitrogen and oxygen atoms in total. The smallest absolute Gasteiger partial charge is 0.153 e. The van der Waals surface area contributed by atoms with Crippen molar-refractivity contribution in [3.8, 4) is 28.7 Å². The van der Waals surface area contributed by atoms with Gasteiger partial charge in [0.25, 0.3) is 0 Å². The molecular formula is C33H30N2O4. The van der Waals surface area contributed by atoms with Crippen LogP contribution in [0.1, 0.15) is 49.3 Å². The van der Waals surface area contributed by atoms with E-state index in [1.165, 1.54) is 11.8 Å². The standard InChI is InChI=1S/C33H30N2O4/c1-5-26-13-29(18-36)33(38-19-25-12-24(15-34)16-35-17-25)14-32(26)39-21-28-9-7-11-31(23(28)3)30-10-6-8-27(20-37-4)22(30)2/h5-14,16-18H,1,19-21H2,2-4H3. The van der Waals surface area contributed by atoms with Crippen molar-refractivity contribution in [1.29, 1.82) is 5.26 Å². The molecule has 0 aliphatic rings. The van der Waals surface area contributed by atoms with Gasteiger partial charge >= 0.3 is 0 Å². The van der Waals surface area contributed by atoms with Gasteiger partial charge in [0.15, 0.2) is 6.29 Å². The van der Waals surface area contributed by atoms with E-state index >= 15 is 0 Å². The summed E-state index contributed by atoms with van der Waals surface area (Å²) in [6, 6.07) is 19.6. The molecule has 0 amide bonds. The zero-order valence-electron chi connectivity index (χ0n) is 22.4. The third-order valence-corrected chi connectivity index (χ3v) is 6.67. The summed E-state index contributed by atoms with van der Waals surface area (Å²) in [6.45, 7) is 9.13. The van der Waals surface area contributed by atoms with Crippen LogP contribution in [0.3, 0.4) is 0 Å². The molecule has 0 spiro atoms. The summed E-state index contributed by atoms with van der Waals surface area (Å²) in [5.41, 5.74) is 9.05. The van der Waals surface area contributed by atoms with Crippen LogP contribution in [-0.4, -0.2) is 18.4 Å². The second-order valence-corrected chi connectivity index (χ2v) is 9.13. The van der Waals surface area contributed by atoms with Gasteiger partial charge in [-0.15, -0.1) is 0 Å². The minimum atomic E-state index is 0.152. The molecule has 0 N–H and O–H groups in total. The number of nitrogens with zero attached hydrogens (tertiary/aromatic N) is 2. The largest absolute Gasteiger partial charge is 0.488 e. The van der Waals surface area contributed by atoms with Crippen LogP contribution in [0.2, 0.25) is 0 Å². The zero-order valence-corrected chi connectivity index (χ0v) is 22.4. The Morgan fingerprint density at radius 2 is 1.51 bits per heavy atom. The maximum Gasteiger partial charge on any atom is 0.153 e. The number of carbonyl (C=O) groups is 1.